The lowest BCUT2D eigenvalue weighted by Crippen LogP contribution is -2.52. The second kappa shape index (κ2) is 4.49. The second-order valence-corrected chi connectivity index (χ2v) is 5.16. The summed E-state index contributed by atoms with van der Waals surface area (Å²) in [6.07, 6.45) is 4.30. The molecule has 3 nitrogen and oxygen atoms in total. The predicted octanol–water partition coefficient (Wildman–Crippen LogP) is 1.65. The normalized spacial score (nSPS) is 22.8. The fourth-order valence-corrected chi connectivity index (χ4v) is 2.73. The summed E-state index contributed by atoms with van der Waals surface area (Å²) >= 11 is 0. The van der Waals surface area contributed by atoms with Crippen molar-refractivity contribution in [3.8, 4) is 0 Å². The maximum Gasteiger partial charge on any atom is 0.0829 e. The molecule has 17 heavy (non-hydrogen) atoms. The molecule has 1 saturated heterocycles. The van der Waals surface area contributed by atoms with E-state index in [0.717, 1.165) is 13.1 Å². The van der Waals surface area contributed by atoms with Crippen LogP contribution in [-0.2, 0) is 6.54 Å². The van der Waals surface area contributed by atoms with Gasteiger partial charge >= 0.3 is 0 Å². The fraction of sp³-hybridized carbons (Fsp3) is 0.500. The summed E-state index contributed by atoms with van der Waals surface area (Å²) in [5.41, 5.74) is 1.70. The first-order chi connectivity index (χ1) is 8.36. The van der Waals surface area contributed by atoms with Crippen LogP contribution in [0.2, 0.25) is 0 Å². The molecule has 2 aliphatic rings. The van der Waals surface area contributed by atoms with E-state index in [-0.39, 0.29) is 5.54 Å². The third-order valence-electron chi connectivity index (χ3n) is 3.92. The number of likely N-dealkylation sites (tertiary alicyclic amines) is 1. The Labute approximate surface area is 103 Å². The third kappa shape index (κ3) is 2.34. The van der Waals surface area contributed by atoms with E-state index in [1.54, 1.807) is 0 Å². The standard InChI is InChI=1S/C14H19N3/c1-2-4-13(5-3-1)10-17-8-6-14(7-9-17)11-15-12-16-14/h1-5,12H,6-11H2,(H,15,16). The van der Waals surface area contributed by atoms with Crippen LogP contribution in [0.4, 0.5) is 0 Å². The molecule has 1 fully saturated rings. The molecule has 0 aliphatic carbocycles. The van der Waals surface area contributed by atoms with Gasteiger partial charge in [0.05, 0.1) is 18.4 Å². The molecule has 0 aromatic heterocycles. The van der Waals surface area contributed by atoms with Crippen LogP contribution in [0.5, 0.6) is 0 Å². The van der Waals surface area contributed by atoms with E-state index in [4.69, 9.17) is 0 Å². The van der Waals surface area contributed by atoms with Crippen LogP contribution in [0.3, 0.4) is 0 Å². The van der Waals surface area contributed by atoms with E-state index in [9.17, 15) is 0 Å². The molecule has 0 atom stereocenters. The summed E-state index contributed by atoms with van der Waals surface area (Å²) in [5.74, 6) is 0. The number of benzene rings is 1. The molecular formula is C14H19N3. The summed E-state index contributed by atoms with van der Waals surface area (Å²) in [4.78, 5) is 6.86. The van der Waals surface area contributed by atoms with Crippen molar-refractivity contribution >= 4 is 6.34 Å². The molecular weight excluding hydrogens is 210 g/mol. The zero-order valence-corrected chi connectivity index (χ0v) is 10.1. The van der Waals surface area contributed by atoms with Crippen molar-refractivity contribution in [1.82, 2.24) is 10.2 Å². The second-order valence-electron chi connectivity index (χ2n) is 5.16. The molecule has 2 aliphatic heterocycles. The number of nitrogens with zero attached hydrogens (tertiary/aromatic N) is 2. The van der Waals surface area contributed by atoms with Crippen molar-refractivity contribution in [1.29, 1.82) is 0 Å². The minimum atomic E-state index is 0.285. The number of hydrogen-bond donors (Lipinski definition) is 1. The van der Waals surface area contributed by atoms with Gasteiger partial charge in [-0.3, -0.25) is 9.89 Å². The predicted molar refractivity (Wildman–Crippen MR) is 70.2 cm³/mol. The van der Waals surface area contributed by atoms with Gasteiger partial charge < -0.3 is 5.32 Å². The zero-order valence-electron chi connectivity index (χ0n) is 10.1. The Morgan fingerprint density at radius 2 is 1.94 bits per heavy atom. The van der Waals surface area contributed by atoms with Gasteiger partial charge in [-0.1, -0.05) is 30.3 Å². The van der Waals surface area contributed by atoms with Gasteiger partial charge in [0.1, 0.15) is 0 Å². The largest absolute Gasteiger partial charge is 0.369 e. The lowest BCUT2D eigenvalue weighted by atomic mass is 9.88. The highest BCUT2D eigenvalue weighted by Crippen LogP contribution is 2.25. The molecule has 0 amide bonds. The number of rotatable bonds is 2. The van der Waals surface area contributed by atoms with Crippen LogP contribution < -0.4 is 5.32 Å². The van der Waals surface area contributed by atoms with Gasteiger partial charge in [0, 0.05) is 19.6 Å². The molecule has 1 N–H and O–H groups in total. The van der Waals surface area contributed by atoms with Gasteiger partial charge in [0.2, 0.25) is 0 Å². The molecule has 1 aromatic rings. The van der Waals surface area contributed by atoms with Crippen molar-refractivity contribution in [3.05, 3.63) is 35.9 Å². The maximum atomic E-state index is 4.31. The van der Waals surface area contributed by atoms with E-state index in [1.165, 1.54) is 31.5 Å². The quantitative estimate of drug-likeness (QED) is 0.835. The Hall–Kier alpha value is -1.35. The third-order valence-corrected chi connectivity index (χ3v) is 3.92. The van der Waals surface area contributed by atoms with Crippen molar-refractivity contribution < 1.29 is 0 Å². The Kier molecular flexibility index (Phi) is 2.85. The number of nitrogens with one attached hydrogen (secondary N) is 1. The van der Waals surface area contributed by atoms with E-state index >= 15 is 0 Å². The molecule has 0 radical (unpaired) electrons. The van der Waals surface area contributed by atoms with Gasteiger partial charge in [-0.05, 0) is 18.4 Å². The Balaban J connectivity index is 1.55. The van der Waals surface area contributed by atoms with Crippen LogP contribution in [0.1, 0.15) is 18.4 Å². The number of piperidine rings is 1. The van der Waals surface area contributed by atoms with Gasteiger partial charge in [-0.2, -0.15) is 0 Å². The first kappa shape index (κ1) is 10.8. The van der Waals surface area contributed by atoms with Gasteiger partial charge in [0.15, 0.2) is 0 Å². The van der Waals surface area contributed by atoms with E-state index in [2.05, 4.69) is 45.5 Å². The Morgan fingerprint density at radius 3 is 2.59 bits per heavy atom. The van der Waals surface area contributed by atoms with Crippen LogP contribution in [-0.4, -0.2) is 36.4 Å². The molecule has 2 heterocycles. The molecule has 90 valence electrons. The van der Waals surface area contributed by atoms with Crippen molar-refractivity contribution in [3.63, 3.8) is 0 Å². The van der Waals surface area contributed by atoms with E-state index in [1.807, 2.05) is 6.34 Å². The summed E-state index contributed by atoms with van der Waals surface area (Å²) in [6.45, 7) is 4.39. The van der Waals surface area contributed by atoms with Crippen LogP contribution in [0, 0.1) is 0 Å². The molecule has 1 spiro atoms. The van der Waals surface area contributed by atoms with E-state index < -0.39 is 0 Å². The lowest BCUT2D eigenvalue weighted by Gasteiger charge is -2.38. The monoisotopic (exact) mass is 229 g/mol. The fourth-order valence-electron chi connectivity index (χ4n) is 2.73. The average molecular weight is 229 g/mol. The molecule has 1 aromatic carbocycles. The van der Waals surface area contributed by atoms with Crippen molar-refractivity contribution in [2.45, 2.75) is 24.9 Å². The minimum absolute atomic E-state index is 0.285. The van der Waals surface area contributed by atoms with Crippen LogP contribution in [0.15, 0.2) is 35.3 Å². The Morgan fingerprint density at radius 1 is 1.18 bits per heavy atom. The number of aliphatic imine (C=N–C) groups is 1. The first-order valence-corrected chi connectivity index (χ1v) is 6.39. The van der Waals surface area contributed by atoms with Crippen LogP contribution >= 0.6 is 0 Å². The van der Waals surface area contributed by atoms with Crippen molar-refractivity contribution in [2.75, 3.05) is 19.6 Å². The first-order valence-electron chi connectivity index (χ1n) is 6.39. The molecule has 3 heteroatoms. The molecule has 0 unspecified atom stereocenters. The molecule has 0 bridgehead atoms. The summed E-state index contributed by atoms with van der Waals surface area (Å²) in [6, 6.07) is 10.7. The Bertz CT molecular complexity index is 381. The van der Waals surface area contributed by atoms with Gasteiger partial charge in [-0.25, -0.2) is 0 Å². The minimum Gasteiger partial charge on any atom is -0.369 e. The smallest absolute Gasteiger partial charge is 0.0829 e. The highest BCUT2D eigenvalue weighted by molar-refractivity contribution is 5.59. The van der Waals surface area contributed by atoms with E-state index in [0.29, 0.717) is 0 Å². The average Bonchev–Trinajstić information content (AvgIpc) is 2.83. The van der Waals surface area contributed by atoms with Crippen molar-refractivity contribution in [2.24, 2.45) is 4.99 Å². The maximum absolute atomic E-state index is 4.31. The SMILES string of the molecule is C1=NCC2(CCN(Cc3ccccc3)CC2)N1. The topological polar surface area (TPSA) is 27.6 Å². The van der Waals surface area contributed by atoms with Crippen LogP contribution in [0.25, 0.3) is 0 Å². The molecule has 0 saturated carbocycles. The summed E-state index contributed by atoms with van der Waals surface area (Å²) in [7, 11) is 0. The highest BCUT2D eigenvalue weighted by Gasteiger charge is 2.35. The zero-order chi connectivity index (χ0) is 11.6. The highest BCUT2D eigenvalue weighted by atomic mass is 15.2. The summed E-state index contributed by atoms with van der Waals surface area (Å²) in [5, 5.41) is 3.44. The molecule has 3 rings (SSSR count). The lowest BCUT2D eigenvalue weighted by molar-refractivity contribution is 0.153. The van der Waals surface area contributed by atoms with Gasteiger partial charge in [-0.15, -0.1) is 0 Å². The summed E-state index contributed by atoms with van der Waals surface area (Å²) < 4.78 is 0. The van der Waals surface area contributed by atoms with Gasteiger partial charge in [0.25, 0.3) is 0 Å². The number of hydrogen-bond acceptors (Lipinski definition) is 3.